The molecular formula is C24H22F3N5O. The van der Waals surface area contributed by atoms with Crippen molar-refractivity contribution in [3.63, 3.8) is 0 Å². The van der Waals surface area contributed by atoms with E-state index in [9.17, 15) is 4.39 Å². The van der Waals surface area contributed by atoms with Crippen molar-refractivity contribution in [3.05, 3.63) is 58.8 Å². The van der Waals surface area contributed by atoms with Crippen LogP contribution >= 0.6 is 0 Å². The molecule has 0 bridgehead atoms. The van der Waals surface area contributed by atoms with Gasteiger partial charge in [-0.15, -0.1) is 10.2 Å². The third-order valence-electron chi connectivity index (χ3n) is 6.65. The number of benzene rings is 2. The molecule has 4 aromatic rings. The number of nitrogens with one attached hydrogen (secondary N) is 1. The van der Waals surface area contributed by atoms with Crippen LogP contribution in [-0.2, 0) is 16.8 Å². The van der Waals surface area contributed by atoms with Crippen molar-refractivity contribution in [2.75, 3.05) is 19.0 Å². The Bertz CT molecular complexity index is 1470. The first-order valence-electron chi connectivity index (χ1n) is 10.8. The van der Waals surface area contributed by atoms with E-state index in [4.69, 9.17) is 4.74 Å². The smallest absolute Gasteiger partial charge is 0.162 e. The van der Waals surface area contributed by atoms with Gasteiger partial charge in [0.05, 0.1) is 23.3 Å². The second-order valence-corrected chi connectivity index (χ2v) is 9.19. The molecular weight excluding hydrogens is 431 g/mol. The van der Waals surface area contributed by atoms with Gasteiger partial charge in [0.15, 0.2) is 17.8 Å². The van der Waals surface area contributed by atoms with E-state index in [-0.39, 0.29) is 16.8 Å². The van der Waals surface area contributed by atoms with Crippen LogP contribution in [0.2, 0.25) is 0 Å². The fourth-order valence-corrected chi connectivity index (χ4v) is 5.23. The molecule has 0 amide bonds. The van der Waals surface area contributed by atoms with Crippen LogP contribution in [0.1, 0.15) is 42.8 Å². The Balaban J connectivity index is 1.69. The van der Waals surface area contributed by atoms with Crippen LogP contribution in [0.25, 0.3) is 27.7 Å². The van der Waals surface area contributed by atoms with Crippen molar-refractivity contribution in [1.29, 1.82) is 0 Å². The summed E-state index contributed by atoms with van der Waals surface area (Å²) in [5.74, 6) is -0.0704. The highest BCUT2D eigenvalue weighted by atomic mass is 19.1. The molecule has 1 aliphatic heterocycles. The average Bonchev–Trinajstić information content (AvgIpc) is 3.32. The van der Waals surface area contributed by atoms with Crippen molar-refractivity contribution < 1.29 is 17.9 Å². The van der Waals surface area contributed by atoms with E-state index < -0.39 is 23.3 Å². The van der Waals surface area contributed by atoms with Gasteiger partial charge in [0.2, 0.25) is 0 Å². The van der Waals surface area contributed by atoms with E-state index in [1.165, 1.54) is 12.1 Å². The Hall–Kier alpha value is -3.33. The van der Waals surface area contributed by atoms with E-state index >= 15 is 8.78 Å². The first-order chi connectivity index (χ1) is 15.7. The van der Waals surface area contributed by atoms with E-state index in [1.807, 2.05) is 13.8 Å². The molecule has 0 spiro atoms. The predicted molar refractivity (Wildman–Crippen MR) is 118 cm³/mol. The molecule has 0 fully saturated rings. The lowest BCUT2D eigenvalue weighted by atomic mass is 9.83. The number of rotatable bonds is 3. The Kier molecular flexibility index (Phi) is 4.06. The standard InChI is InChI=1S/C24H22F3N5O/c1-11-29-30-23-24(2,3)28-16-9-14-19(21(27)22(16)32(11)23)13-7-12(25)8-17-18(13)15(20(14)26)10-31(17)5-6-33-4/h7-10,20,28H,5-6H2,1-4H3. The van der Waals surface area contributed by atoms with Gasteiger partial charge in [-0.05, 0) is 44.5 Å². The van der Waals surface area contributed by atoms with E-state index in [1.54, 1.807) is 35.4 Å². The summed E-state index contributed by atoms with van der Waals surface area (Å²) in [6.07, 6.45) is 0.120. The number of hydrogen-bond donors (Lipinski definition) is 1. The second-order valence-electron chi connectivity index (χ2n) is 9.19. The van der Waals surface area contributed by atoms with Crippen LogP contribution in [0.4, 0.5) is 18.9 Å². The normalized spacial score (nSPS) is 17.5. The molecule has 9 heteroatoms. The van der Waals surface area contributed by atoms with Crippen molar-refractivity contribution in [2.24, 2.45) is 0 Å². The molecule has 1 aliphatic carbocycles. The third kappa shape index (κ3) is 2.59. The molecule has 1 atom stereocenters. The Morgan fingerprint density at radius 1 is 1.15 bits per heavy atom. The second kappa shape index (κ2) is 6.60. The lowest BCUT2D eigenvalue weighted by Crippen LogP contribution is -2.36. The summed E-state index contributed by atoms with van der Waals surface area (Å²) in [5, 5.41) is 12.2. The van der Waals surface area contributed by atoms with Crippen LogP contribution in [0.5, 0.6) is 0 Å². The zero-order chi connectivity index (χ0) is 23.2. The molecule has 33 heavy (non-hydrogen) atoms. The summed E-state index contributed by atoms with van der Waals surface area (Å²) in [6.45, 7) is 6.37. The highest BCUT2D eigenvalue weighted by Crippen LogP contribution is 2.52. The number of anilines is 1. The van der Waals surface area contributed by atoms with Gasteiger partial charge in [-0.25, -0.2) is 13.2 Å². The van der Waals surface area contributed by atoms with E-state index in [0.29, 0.717) is 52.5 Å². The summed E-state index contributed by atoms with van der Waals surface area (Å²) < 4.78 is 55.6. The fourth-order valence-electron chi connectivity index (χ4n) is 5.23. The van der Waals surface area contributed by atoms with Gasteiger partial charge in [-0.3, -0.25) is 4.57 Å². The highest BCUT2D eigenvalue weighted by molar-refractivity contribution is 6.03. The fraction of sp³-hybridized carbons (Fsp3) is 0.333. The largest absolute Gasteiger partial charge is 0.383 e. The first-order valence-corrected chi connectivity index (χ1v) is 10.8. The molecule has 6 nitrogen and oxygen atoms in total. The molecule has 6 rings (SSSR count). The monoisotopic (exact) mass is 453 g/mol. The van der Waals surface area contributed by atoms with Crippen molar-refractivity contribution in [1.82, 2.24) is 19.3 Å². The number of methoxy groups -OCH3 is 1. The molecule has 0 radical (unpaired) electrons. The van der Waals surface area contributed by atoms with Gasteiger partial charge in [0.25, 0.3) is 0 Å². The number of fused-ring (bicyclic) bond motifs is 5. The van der Waals surface area contributed by atoms with Gasteiger partial charge < -0.3 is 14.6 Å². The summed E-state index contributed by atoms with van der Waals surface area (Å²) in [6, 6.07) is 4.28. The van der Waals surface area contributed by atoms with Crippen molar-refractivity contribution in [3.8, 4) is 16.8 Å². The zero-order valence-corrected chi connectivity index (χ0v) is 18.6. The molecule has 1 N–H and O–H groups in total. The quantitative estimate of drug-likeness (QED) is 0.466. The first kappa shape index (κ1) is 20.3. The Morgan fingerprint density at radius 2 is 1.94 bits per heavy atom. The van der Waals surface area contributed by atoms with Gasteiger partial charge in [0, 0.05) is 41.9 Å². The molecule has 170 valence electrons. The van der Waals surface area contributed by atoms with Crippen LogP contribution in [-0.4, -0.2) is 33.0 Å². The number of ether oxygens (including phenoxy) is 1. The van der Waals surface area contributed by atoms with Gasteiger partial charge in [-0.1, -0.05) is 0 Å². The minimum Gasteiger partial charge on any atom is -0.383 e. The zero-order valence-electron chi connectivity index (χ0n) is 18.6. The summed E-state index contributed by atoms with van der Waals surface area (Å²) in [4.78, 5) is 0. The maximum atomic E-state index is 16.3. The minimum atomic E-state index is -1.56. The van der Waals surface area contributed by atoms with Gasteiger partial charge in [-0.2, -0.15) is 0 Å². The van der Waals surface area contributed by atoms with Gasteiger partial charge >= 0.3 is 0 Å². The molecule has 0 saturated heterocycles. The van der Waals surface area contributed by atoms with Crippen LogP contribution < -0.4 is 5.32 Å². The summed E-state index contributed by atoms with van der Waals surface area (Å²) in [5.41, 5.74) is 1.54. The lowest BCUT2D eigenvalue weighted by Gasteiger charge is -2.35. The molecule has 2 aliphatic rings. The molecule has 1 unspecified atom stereocenters. The molecule has 0 saturated carbocycles. The number of nitrogens with zero attached hydrogens (tertiary/aromatic N) is 4. The summed E-state index contributed by atoms with van der Waals surface area (Å²) in [7, 11) is 1.57. The minimum absolute atomic E-state index is 0.0725. The van der Waals surface area contributed by atoms with Crippen LogP contribution in [0.3, 0.4) is 0 Å². The predicted octanol–water partition coefficient (Wildman–Crippen LogP) is 5.15. The maximum absolute atomic E-state index is 16.3. The van der Waals surface area contributed by atoms with E-state index in [0.717, 1.165) is 0 Å². The number of aryl methyl sites for hydroxylation is 1. The van der Waals surface area contributed by atoms with E-state index in [2.05, 4.69) is 15.5 Å². The summed E-state index contributed by atoms with van der Waals surface area (Å²) >= 11 is 0. The maximum Gasteiger partial charge on any atom is 0.162 e. The number of aromatic nitrogens is 4. The number of halogens is 3. The number of alkyl halides is 1. The lowest BCUT2D eigenvalue weighted by molar-refractivity contribution is 0.188. The SMILES string of the molecule is COCCn1cc2c3c(cc(F)cc31)-c1c(cc3c(c1F)-n1c(C)nnc1C(C)(C)N3)C2F. The third-order valence-corrected chi connectivity index (χ3v) is 6.65. The average molecular weight is 453 g/mol. The highest BCUT2D eigenvalue weighted by Gasteiger charge is 2.40. The van der Waals surface area contributed by atoms with Gasteiger partial charge in [0.1, 0.15) is 17.3 Å². The topological polar surface area (TPSA) is 56.9 Å². The van der Waals surface area contributed by atoms with Crippen molar-refractivity contribution in [2.45, 2.75) is 39.0 Å². The number of hydrogen-bond acceptors (Lipinski definition) is 4. The van der Waals surface area contributed by atoms with Crippen LogP contribution in [0.15, 0.2) is 24.4 Å². The van der Waals surface area contributed by atoms with Crippen LogP contribution in [0, 0.1) is 18.6 Å². The Labute approximate surface area is 188 Å². The van der Waals surface area contributed by atoms with Crippen molar-refractivity contribution >= 4 is 16.6 Å². The molecule has 3 heterocycles. The molecule has 2 aromatic heterocycles. The Morgan fingerprint density at radius 3 is 2.70 bits per heavy atom. The molecule has 2 aromatic carbocycles.